The first kappa shape index (κ1) is 12.9. The lowest BCUT2D eigenvalue weighted by Gasteiger charge is -2.06. The second kappa shape index (κ2) is 4.80. The molecule has 102 valence electrons. The van der Waals surface area contributed by atoms with Gasteiger partial charge in [0.25, 0.3) is 5.91 Å². The molecule has 2 aromatic heterocycles. The van der Waals surface area contributed by atoms with Gasteiger partial charge in [-0.2, -0.15) is 0 Å². The van der Waals surface area contributed by atoms with Crippen molar-refractivity contribution < 1.29 is 4.79 Å². The first-order chi connectivity index (χ1) is 9.60. The zero-order valence-corrected chi connectivity index (χ0v) is 12.0. The van der Waals surface area contributed by atoms with Crippen LogP contribution in [-0.2, 0) is 12.8 Å². The van der Waals surface area contributed by atoms with Crippen LogP contribution in [0.4, 0.5) is 5.69 Å². The van der Waals surface area contributed by atoms with Gasteiger partial charge in [-0.25, -0.2) is 4.98 Å². The molecule has 2 aromatic rings. The molecule has 1 amide bonds. The van der Waals surface area contributed by atoms with E-state index >= 15 is 0 Å². The van der Waals surface area contributed by atoms with Crippen LogP contribution in [0.1, 0.15) is 34.3 Å². The Labute approximate surface area is 121 Å². The minimum absolute atomic E-state index is 0.226. The molecule has 0 aromatic carbocycles. The fourth-order valence-corrected chi connectivity index (χ4v) is 3.47. The molecule has 0 spiro atoms. The molecule has 1 aliphatic carbocycles. The average molecular weight is 285 g/mol. The Morgan fingerprint density at radius 3 is 3.15 bits per heavy atom. The van der Waals surface area contributed by atoms with Gasteiger partial charge in [-0.05, 0) is 37.8 Å². The number of thiophene rings is 1. The number of amides is 1. The van der Waals surface area contributed by atoms with E-state index in [1.54, 1.807) is 6.92 Å². The molecule has 4 nitrogen and oxygen atoms in total. The Morgan fingerprint density at radius 1 is 1.60 bits per heavy atom. The molecule has 3 rings (SSSR count). The molecule has 0 saturated heterocycles. The summed E-state index contributed by atoms with van der Waals surface area (Å²) >= 11 is 1.33. The van der Waals surface area contributed by atoms with Crippen LogP contribution < -0.4 is 11.1 Å². The molecular formula is C15H15N3OS. The highest BCUT2D eigenvalue weighted by molar-refractivity contribution is 7.21. The lowest BCUT2D eigenvalue weighted by molar-refractivity contribution is 0.0953. The highest BCUT2D eigenvalue weighted by atomic mass is 32.1. The van der Waals surface area contributed by atoms with Crippen LogP contribution in [0.3, 0.4) is 0 Å². The van der Waals surface area contributed by atoms with Gasteiger partial charge in [0.15, 0.2) is 0 Å². The summed E-state index contributed by atoms with van der Waals surface area (Å²) in [4.78, 5) is 18.1. The molecule has 0 saturated carbocycles. The van der Waals surface area contributed by atoms with E-state index in [0.717, 1.165) is 35.2 Å². The number of anilines is 1. The fourth-order valence-electron chi connectivity index (χ4n) is 2.47. The van der Waals surface area contributed by atoms with E-state index in [9.17, 15) is 4.79 Å². The Balaban J connectivity index is 2.03. The Kier molecular flexibility index (Phi) is 3.11. The van der Waals surface area contributed by atoms with Gasteiger partial charge in [0.05, 0.1) is 11.7 Å². The zero-order chi connectivity index (χ0) is 14.3. The van der Waals surface area contributed by atoms with Crippen LogP contribution in [0.5, 0.6) is 0 Å². The number of aryl methyl sites for hydroxylation is 2. The minimum Gasteiger partial charge on any atom is -0.397 e. The van der Waals surface area contributed by atoms with E-state index in [0.29, 0.717) is 10.6 Å². The molecule has 0 radical (unpaired) electrons. The summed E-state index contributed by atoms with van der Waals surface area (Å²) in [6.45, 7) is 1.76. The SMILES string of the molecule is C#CC(C)NC(=O)c1sc2nc3c(cc2c1N)CCC3. The van der Waals surface area contributed by atoms with Crippen molar-refractivity contribution in [2.75, 3.05) is 5.73 Å². The number of carbonyl (C=O) groups is 1. The highest BCUT2D eigenvalue weighted by Gasteiger charge is 2.21. The van der Waals surface area contributed by atoms with Crippen molar-refractivity contribution in [2.24, 2.45) is 0 Å². The van der Waals surface area contributed by atoms with Crippen molar-refractivity contribution in [3.8, 4) is 12.3 Å². The zero-order valence-electron chi connectivity index (χ0n) is 11.2. The second-order valence-electron chi connectivity index (χ2n) is 5.01. The number of rotatable bonds is 2. The van der Waals surface area contributed by atoms with E-state index < -0.39 is 0 Å². The van der Waals surface area contributed by atoms with E-state index in [2.05, 4.69) is 22.3 Å². The summed E-state index contributed by atoms with van der Waals surface area (Å²) in [7, 11) is 0. The first-order valence-electron chi connectivity index (χ1n) is 6.58. The van der Waals surface area contributed by atoms with Crippen molar-refractivity contribution in [3.63, 3.8) is 0 Å². The van der Waals surface area contributed by atoms with Crippen molar-refractivity contribution >= 4 is 33.1 Å². The molecule has 0 bridgehead atoms. The van der Waals surface area contributed by atoms with Gasteiger partial charge >= 0.3 is 0 Å². The number of nitrogens with zero attached hydrogens (tertiary/aromatic N) is 1. The third-order valence-corrected chi connectivity index (χ3v) is 4.67. The fraction of sp³-hybridized carbons (Fsp3) is 0.333. The van der Waals surface area contributed by atoms with E-state index in [1.165, 1.54) is 16.9 Å². The van der Waals surface area contributed by atoms with E-state index in [-0.39, 0.29) is 11.9 Å². The van der Waals surface area contributed by atoms with Crippen LogP contribution in [-0.4, -0.2) is 16.9 Å². The van der Waals surface area contributed by atoms with Crippen LogP contribution in [0.2, 0.25) is 0 Å². The van der Waals surface area contributed by atoms with Crippen molar-refractivity contribution in [1.82, 2.24) is 10.3 Å². The molecule has 0 fully saturated rings. The largest absolute Gasteiger partial charge is 0.397 e. The van der Waals surface area contributed by atoms with Crippen LogP contribution >= 0.6 is 11.3 Å². The van der Waals surface area contributed by atoms with Crippen LogP contribution in [0, 0.1) is 12.3 Å². The minimum atomic E-state index is -0.315. The predicted molar refractivity (Wildman–Crippen MR) is 81.8 cm³/mol. The maximum atomic E-state index is 12.2. The molecule has 3 N–H and O–H groups in total. The van der Waals surface area contributed by atoms with Crippen molar-refractivity contribution in [1.29, 1.82) is 0 Å². The smallest absolute Gasteiger partial charge is 0.264 e. The normalized spacial score (nSPS) is 14.8. The number of aromatic nitrogens is 1. The molecule has 1 atom stereocenters. The number of hydrogen-bond acceptors (Lipinski definition) is 4. The summed E-state index contributed by atoms with van der Waals surface area (Å²) in [5.41, 5.74) is 9.01. The average Bonchev–Trinajstić information content (AvgIpc) is 3.01. The van der Waals surface area contributed by atoms with Gasteiger partial charge in [0.2, 0.25) is 0 Å². The number of pyridine rings is 1. The molecule has 1 aliphatic rings. The summed E-state index contributed by atoms with van der Waals surface area (Å²) < 4.78 is 0. The quantitative estimate of drug-likeness (QED) is 0.830. The number of nitrogens with one attached hydrogen (secondary N) is 1. The number of nitrogen functional groups attached to an aromatic ring is 1. The monoisotopic (exact) mass is 285 g/mol. The van der Waals surface area contributed by atoms with Gasteiger partial charge in [-0.3, -0.25) is 4.79 Å². The van der Waals surface area contributed by atoms with Crippen molar-refractivity contribution in [2.45, 2.75) is 32.2 Å². The maximum Gasteiger partial charge on any atom is 0.264 e. The molecule has 5 heteroatoms. The van der Waals surface area contributed by atoms with Gasteiger partial charge in [-0.1, -0.05) is 5.92 Å². The van der Waals surface area contributed by atoms with Gasteiger partial charge in [0, 0.05) is 11.1 Å². The molecule has 2 heterocycles. The number of terminal acetylenes is 1. The van der Waals surface area contributed by atoms with Gasteiger partial charge in [-0.15, -0.1) is 17.8 Å². The summed E-state index contributed by atoms with van der Waals surface area (Å²) in [5.74, 6) is 2.25. The lowest BCUT2D eigenvalue weighted by Crippen LogP contribution is -2.31. The molecule has 20 heavy (non-hydrogen) atoms. The van der Waals surface area contributed by atoms with Crippen molar-refractivity contribution in [3.05, 3.63) is 22.2 Å². The summed E-state index contributed by atoms with van der Waals surface area (Å²) in [6.07, 6.45) is 8.47. The topological polar surface area (TPSA) is 68.0 Å². The van der Waals surface area contributed by atoms with Gasteiger partial charge in [0.1, 0.15) is 9.71 Å². The molecular weight excluding hydrogens is 270 g/mol. The summed E-state index contributed by atoms with van der Waals surface area (Å²) in [5, 5.41) is 3.62. The third kappa shape index (κ3) is 2.02. The predicted octanol–water partition coefficient (Wildman–Crippen LogP) is 2.12. The summed E-state index contributed by atoms with van der Waals surface area (Å²) in [6, 6.07) is 1.77. The number of nitrogens with two attached hydrogens (primary N) is 1. The highest BCUT2D eigenvalue weighted by Crippen LogP contribution is 2.35. The number of fused-ring (bicyclic) bond motifs is 2. The van der Waals surface area contributed by atoms with E-state index in [4.69, 9.17) is 12.2 Å². The first-order valence-corrected chi connectivity index (χ1v) is 7.39. The van der Waals surface area contributed by atoms with Gasteiger partial charge < -0.3 is 11.1 Å². The lowest BCUT2D eigenvalue weighted by atomic mass is 10.1. The maximum absolute atomic E-state index is 12.2. The molecule has 0 aliphatic heterocycles. The standard InChI is InChI=1S/C15H15N3OS/c1-3-8(2)17-14(19)13-12(16)10-7-9-5-4-6-11(9)18-15(10)20-13/h1,7-8H,4-6,16H2,2H3,(H,17,19). The second-order valence-corrected chi connectivity index (χ2v) is 6.01. The number of carbonyl (C=O) groups excluding carboxylic acids is 1. The Morgan fingerprint density at radius 2 is 2.40 bits per heavy atom. The Hall–Kier alpha value is -2.06. The number of hydrogen-bond donors (Lipinski definition) is 2. The molecule has 1 unspecified atom stereocenters. The van der Waals surface area contributed by atoms with E-state index in [1.807, 2.05) is 0 Å². The Bertz CT molecular complexity index is 742. The third-order valence-electron chi connectivity index (χ3n) is 3.55. The van der Waals surface area contributed by atoms with Crippen LogP contribution in [0.25, 0.3) is 10.2 Å². The van der Waals surface area contributed by atoms with Crippen LogP contribution in [0.15, 0.2) is 6.07 Å².